The molecule has 8 nitrogen and oxygen atoms in total. The summed E-state index contributed by atoms with van der Waals surface area (Å²) >= 11 is 1.40. The van der Waals surface area contributed by atoms with Gasteiger partial charge in [0.2, 0.25) is 0 Å². The summed E-state index contributed by atoms with van der Waals surface area (Å²) in [6.07, 6.45) is 2.78. The molecular formula is C20H20N2O6S. The van der Waals surface area contributed by atoms with Crippen LogP contribution in [0, 0.1) is 11.3 Å². The van der Waals surface area contributed by atoms with Gasteiger partial charge in [0.05, 0.1) is 26.9 Å². The second-order valence-corrected chi connectivity index (χ2v) is 7.31. The molecule has 29 heavy (non-hydrogen) atoms. The first-order chi connectivity index (χ1) is 14.0. The third kappa shape index (κ3) is 4.12. The van der Waals surface area contributed by atoms with Crippen molar-refractivity contribution in [2.45, 2.75) is 19.3 Å². The van der Waals surface area contributed by atoms with E-state index < -0.39 is 18.5 Å². The first-order valence-corrected chi connectivity index (χ1v) is 9.65. The lowest BCUT2D eigenvalue weighted by molar-refractivity contribution is -0.119. The minimum atomic E-state index is -0.743. The van der Waals surface area contributed by atoms with Crippen molar-refractivity contribution in [3.8, 4) is 23.3 Å². The van der Waals surface area contributed by atoms with Crippen molar-refractivity contribution < 1.29 is 28.5 Å². The molecule has 3 rings (SSSR count). The molecule has 152 valence electrons. The second-order valence-electron chi connectivity index (χ2n) is 6.21. The number of hydrogen-bond donors (Lipinski definition) is 1. The van der Waals surface area contributed by atoms with Gasteiger partial charge in [0.25, 0.3) is 5.91 Å². The summed E-state index contributed by atoms with van der Waals surface area (Å²) in [5.74, 6) is -0.305. The first-order valence-electron chi connectivity index (χ1n) is 8.84. The molecule has 0 aliphatic heterocycles. The van der Waals surface area contributed by atoms with E-state index in [4.69, 9.17) is 18.9 Å². The molecule has 0 saturated carbocycles. The molecule has 0 saturated heterocycles. The monoisotopic (exact) mass is 416 g/mol. The van der Waals surface area contributed by atoms with Crippen LogP contribution in [0.25, 0.3) is 0 Å². The zero-order valence-corrected chi connectivity index (χ0v) is 17.1. The fourth-order valence-electron chi connectivity index (χ4n) is 3.17. The van der Waals surface area contributed by atoms with Crippen LogP contribution in [0.1, 0.15) is 32.8 Å². The number of rotatable bonds is 7. The average molecular weight is 416 g/mol. The molecule has 1 aliphatic rings. The van der Waals surface area contributed by atoms with Crippen LogP contribution in [-0.4, -0.2) is 39.8 Å². The molecule has 1 amide bonds. The van der Waals surface area contributed by atoms with E-state index in [0.717, 1.165) is 29.7 Å². The normalized spacial score (nSPS) is 11.9. The van der Waals surface area contributed by atoms with E-state index in [1.807, 2.05) is 0 Å². The minimum absolute atomic E-state index is 0.103. The fraction of sp³-hybridized carbons (Fsp3) is 0.350. The largest absolute Gasteiger partial charge is 0.496 e. The van der Waals surface area contributed by atoms with Crippen molar-refractivity contribution in [1.82, 2.24) is 0 Å². The summed E-state index contributed by atoms with van der Waals surface area (Å²) in [5, 5.41) is 12.6. The Bertz CT molecular complexity index is 992. The Morgan fingerprint density at radius 3 is 2.45 bits per heavy atom. The second kappa shape index (κ2) is 8.84. The van der Waals surface area contributed by atoms with Crippen LogP contribution in [0.4, 0.5) is 5.00 Å². The number of ether oxygens (including phenoxy) is 4. The Hall–Kier alpha value is -3.25. The zero-order valence-electron chi connectivity index (χ0n) is 16.3. The first kappa shape index (κ1) is 20.5. The Kier molecular flexibility index (Phi) is 6.24. The van der Waals surface area contributed by atoms with Crippen LogP contribution >= 0.6 is 11.3 Å². The van der Waals surface area contributed by atoms with Crippen molar-refractivity contribution in [1.29, 1.82) is 5.26 Å². The Morgan fingerprint density at radius 1 is 1.10 bits per heavy atom. The van der Waals surface area contributed by atoms with Gasteiger partial charge in [-0.1, -0.05) is 0 Å². The highest BCUT2D eigenvalue weighted by Crippen LogP contribution is 2.38. The maximum atomic E-state index is 12.5. The summed E-state index contributed by atoms with van der Waals surface area (Å²) in [4.78, 5) is 25.8. The molecule has 0 atom stereocenters. The number of nitrogens with one attached hydrogen (secondary N) is 1. The number of carbonyl (C=O) groups excluding carboxylic acids is 2. The van der Waals surface area contributed by atoms with E-state index in [9.17, 15) is 14.9 Å². The van der Waals surface area contributed by atoms with Crippen molar-refractivity contribution in [3.05, 3.63) is 33.7 Å². The number of hydrogen-bond acceptors (Lipinski definition) is 8. The third-order valence-corrected chi connectivity index (χ3v) is 5.75. The molecule has 1 heterocycles. The molecule has 0 fully saturated rings. The molecule has 9 heteroatoms. The van der Waals surface area contributed by atoms with Crippen molar-refractivity contribution in [2.75, 3.05) is 33.3 Å². The number of nitriles is 1. The summed E-state index contributed by atoms with van der Waals surface area (Å²) in [7, 11) is 4.32. The molecule has 1 aromatic carbocycles. The third-order valence-electron chi connectivity index (χ3n) is 4.55. The van der Waals surface area contributed by atoms with Gasteiger partial charge >= 0.3 is 5.97 Å². The number of aryl methyl sites for hydroxylation is 1. The van der Waals surface area contributed by atoms with Crippen LogP contribution in [0.3, 0.4) is 0 Å². The van der Waals surface area contributed by atoms with E-state index in [1.165, 1.54) is 44.8 Å². The Labute approximate surface area is 171 Å². The molecule has 0 unspecified atom stereocenters. The lowest BCUT2D eigenvalue weighted by atomic mass is 10.1. The summed E-state index contributed by atoms with van der Waals surface area (Å²) in [6, 6.07) is 5.08. The van der Waals surface area contributed by atoms with E-state index in [2.05, 4.69) is 11.4 Å². The van der Waals surface area contributed by atoms with Crippen LogP contribution in [0.5, 0.6) is 17.2 Å². The predicted octanol–water partition coefficient (Wildman–Crippen LogP) is 2.93. The maximum Gasteiger partial charge on any atom is 0.342 e. The molecule has 2 aromatic rings. The van der Waals surface area contributed by atoms with E-state index >= 15 is 0 Å². The van der Waals surface area contributed by atoms with Gasteiger partial charge < -0.3 is 24.3 Å². The van der Waals surface area contributed by atoms with Gasteiger partial charge in [-0.05, 0) is 24.8 Å². The van der Waals surface area contributed by atoms with Gasteiger partial charge in [0.1, 0.15) is 22.4 Å². The highest BCUT2D eigenvalue weighted by atomic mass is 32.1. The highest BCUT2D eigenvalue weighted by molar-refractivity contribution is 7.16. The van der Waals surface area contributed by atoms with Gasteiger partial charge in [0.15, 0.2) is 18.1 Å². The van der Waals surface area contributed by atoms with Crippen LogP contribution < -0.4 is 19.5 Å². The quantitative estimate of drug-likeness (QED) is 0.692. The van der Waals surface area contributed by atoms with Crippen LogP contribution in [-0.2, 0) is 22.4 Å². The van der Waals surface area contributed by atoms with Gasteiger partial charge in [-0.25, -0.2) is 4.79 Å². The number of amides is 1. The SMILES string of the molecule is COc1cc(OC)c(C(=O)OCC(=O)Nc2sc3c(c2C#N)CCC3)cc1OC. The molecule has 1 N–H and O–H groups in total. The molecule has 0 bridgehead atoms. The van der Waals surface area contributed by atoms with Crippen LogP contribution in [0.2, 0.25) is 0 Å². The molecule has 0 spiro atoms. The molecular weight excluding hydrogens is 396 g/mol. The van der Waals surface area contributed by atoms with Gasteiger partial charge in [0, 0.05) is 17.0 Å². The number of carbonyl (C=O) groups is 2. The number of benzene rings is 1. The molecule has 1 aromatic heterocycles. The lowest BCUT2D eigenvalue weighted by Gasteiger charge is -2.13. The fourth-order valence-corrected chi connectivity index (χ4v) is 4.43. The number of thiophene rings is 1. The smallest absolute Gasteiger partial charge is 0.342 e. The number of esters is 1. The number of nitrogens with zero attached hydrogens (tertiary/aromatic N) is 1. The number of methoxy groups -OCH3 is 3. The highest BCUT2D eigenvalue weighted by Gasteiger charge is 2.24. The van der Waals surface area contributed by atoms with E-state index in [1.54, 1.807) is 0 Å². The molecule has 1 aliphatic carbocycles. The van der Waals surface area contributed by atoms with Gasteiger partial charge in [-0.3, -0.25) is 4.79 Å². The number of fused-ring (bicyclic) bond motifs is 1. The summed E-state index contributed by atoms with van der Waals surface area (Å²) in [6.45, 7) is -0.496. The van der Waals surface area contributed by atoms with Gasteiger partial charge in [-0.15, -0.1) is 11.3 Å². The standard InChI is InChI=1S/C20H20N2O6S/c1-25-14-8-16(27-3)15(26-2)7-12(14)20(24)28-10-18(23)22-19-13(9-21)11-5-4-6-17(11)29-19/h7-8H,4-6,10H2,1-3H3,(H,22,23). The topological polar surface area (TPSA) is 107 Å². The van der Waals surface area contributed by atoms with Gasteiger partial charge in [-0.2, -0.15) is 5.26 Å². The predicted molar refractivity (Wildman–Crippen MR) is 106 cm³/mol. The summed E-state index contributed by atoms with van der Waals surface area (Å²) in [5.41, 5.74) is 1.62. The maximum absolute atomic E-state index is 12.5. The summed E-state index contributed by atoms with van der Waals surface area (Å²) < 4.78 is 20.7. The van der Waals surface area contributed by atoms with E-state index in [-0.39, 0.29) is 11.3 Å². The van der Waals surface area contributed by atoms with E-state index in [0.29, 0.717) is 22.1 Å². The van der Waals surface area contributed by atoms with Crippen molar-refractivity contribution >= 4 is 28.2 Å². The zero-order chi connectivity index (χ0) is 21.0. The average Bonchev–Trinajstić information content (AvgIpc) is 3.31. The van der Waals surface area contributed by atoms with Crippen molar-refractivity contribution in [2.24, 2.45) is 0 Å². The minimum Gasteiger partial charge on any atom is -0.496 e. The molecule has 0 radical (unpaired) electrons. The Balaban J connectivity index is 1.68. The number of anilines is 1. The Morgan fingerprint density at radius 2 is 1.79 bits per heavy atom. The lowest BCUT2D eigenvalue weighted by Crippen LogP contribution is -2.21. The van der Waals surface area contributed by atoms with Crippen LogP contribution in [0.15, 0.2) is 12.1 Å². The van der Waals surface area contributed by atoms with Crippen molar-refractivity contribution in [3.63, 3.8) is 0 Å².